The second-order valence-electron chi connectivity index (χ2n) is 4.88. The van der Waals surface area contributed by atoms with Crippen molar-refractivity contribution in [1.29, 1.82) is 0 Å². The van der Waals surface area contributed by atoms with Gasteiger partial charge in [0.25, 0.3) is 11.6 Å². The van der Waals surface area contributed by atoms with E-state index in [0.29, 0.717) is 0 Å². The molecular formula is C13H16N4O4. The molecule has 0 atom stereocenters. The average molecular weight is 292 g/mol. The van der Waals surface area contributed by atoms with Crippen molar-refractivity contribution < 1.29 is 14.5 Å². The molecule has 2 amide bonds. The van der Waals surface area contributed by atoms with Crippen molar-refractivity contribution >= 4 is 23.2 Å². The molecule has 112 valence electrons. The monoisotopic (exact) mass is 292 g/mol. The van der Waals surface area contributed by atoms with E-state index in [2.05, 4.69) is 10.6 Å². The molecule has 0 bridgehead atoms. The molecule has 0 unspecified atom stereocenters. The van der Waals surface area contributed by atoms with E-state index in [0.717, 1.165) is 18.9 Å². The molecule has 0 radical (unpaired) electrons. The summed E-state index contributed by atoms with van der Waals surface area (Å²) in [6.45, 7) is 0.152. The van der Waals surface area contributed by atoms with Gasteiger partial charge in [0.05, 0.1) is 10.5 Å². The van der Waals surface area contributed by atoms with Crippen molar-refractivity contribution in [2.75, 3.05) is 12.3 Å². The summed E-state index contributed by atoms with van der Waals surface area (Å²) < 4.78 is 0. The van der Waals surface area contributed by atoms with E-state index in [1.54, 1.807) is 0 Å². The van der Waals surface area contributed by atoms with E-state index in [1.807, 2.05) is 0 Å². The zero-order chi connectivity index (χ0) is 15.4. The quantitative estimate of drug-likeness (QED) is 0.401. The number of carbonyl (C=O) groups excluding carboxylic acids is 2. The van der Waals surface area contributed by atoms with Crippen LogP contribution in [0.15, 0.2) is 18.2 Å². The maximum absolute atomic E-state index is 11.9. The molecule has 1 fully saturated rings. The number of amides is 2. The summed E-state index contributed by atoms with van der Waals surface area (Å²) in [5.41, 5.74) is 5.61. The van der Waals surface area contributed by atoms with Crippen molar-refractivity contribution in [2.24, 2.45) is 0 Å². The minimum Gasteiger partial charge on any atom is -0.398 e. The number of anilines is 1. The number of nitrogen functional groups attached to an aromatic ring is 1. The highest BCUT2D eigenvalue weighted by atomic mass is 16.6. The van der Waals surface area contributed by atoms with Crippen LogP contribution in [0.1, 0.15) is 29.6 Å². The van der Waals surface area contributed by atoms with E-state index in [4.69, 9.17) is 5.73 Å². The molecule has 4 N–H and O–H groups in total. The molecule has 8 nitrogen and oxygen atoms in total. The number of benzene rings is 1. The first kappa shape index (κ1) is 14.8. The Morgan fingerprint density at radius 1 is 1.38 bits per heavy atom. The van der Waals surface area contributed by atoms with Gasteiger partial charge in [-0.3, -0.25) is 19.7 Å². The zero-order valence-corrected chi connectivity index (χ0v) is 11.3. The van der Waals surface area contributed by atoms with Crippen LogP contribution in [0.2, 0.25) is 0 Å². The lowest BCUT2D eigenvalue weighted by Crippen LogP contribution is -2.32. The number of non-ortho nitro benzene ring substituents is 1. The van der Waals surface area contributed by atoms with Gasteiger partial charge in [-0.2, -0.15) is 0 Å². The van der Waals surface area contributed by atoms with Gasteiger partial charge in [-0.1, -0.05) is 0 Å². The number of carbonyl (C=O) groups is 2. The summed E-state index contributed by atoms with van der Waals surface area (Å²) >= 11 is 0. The van der Waals surface area contributed by atoms with Crippen LogP contribution in [0.5, 0.6) is 0 Å². The molecule has 0 heterocycles. The Bertz CT molecular complexity index is 584. The predicted octanol–water partition coefficient (Wildman–Crippen LogP) is 0.575. The highest BCUT2D eigenvalue weighted by molar-refractivity contribution is 5.99. The lowest BCUT2D eigenvalue weighted by molar-refractivity contribution is -0.384. The summed E-state index contributed by atoms with van der Waals surface area (Å²) in [6.07, 6.45) is 2.17. The topological polar surface area (TPSA) is 127 Å². The molecule has 0 saturated heterocycles. The average Bonchev–Trinajstić information content (AvgIpc) is 3.22. The molecule has 1 saturated carbocycles. The first-order chi connectivity index (χ1) is 9.97. The Kier molecular flexibility index (Phi) is 4.36. The number of nitrogens with one attached hydrogen (secondary N) is 2. The van der Waals surface area contributed by atoms with Gasteiger partial charge in [-0.15, -0.1) is 0 Å². The van der Waals surface area contributed by atoms with E-state index in [1.165, 1.54) is 12.1 Å². The van der Waals surface area contributed by atoms with Crippen LogP contribution in [0.25, 0.3) is 0 Å². The van der Waals surface area contributed by atoms with Crippen molar-refractivity contribution in [2.45, 2.75) is 25.3 Å². The molecule has 0 spiro atoms. The maximum Gasteiger partial charge on any atom is 0.270 e. The minimum atomic E-state index is -0.598. The number of hydrogen-bond donors (Lipinski definition) is 3. The van der Waals surface area contributed by atoms with Gasteiger partial charge < -0.3 is 16.4 Å². The molecular weight excluding hydrogens is 276 g/mol. The molecule has 2 rings (SSSR count). The van der Waals surface area contributed by atoms with Gasteiger partial charge in [-0.25, -0.2) is 0 Å². The Morgan fingerprint density at radius 2 is 2.10 bits per heavy atom. The number of nitrogens with zero attached hydrogens (tertiary/aromatic N) is 1. The third-order valence-electron chi connectivity index (χ3n) is 3.07. The normalized spacial score (nSPS) is 13.5. The first-order valence-corrected chi connectivity index (χ1v) is 6.59. The summed E-state index contributed by atoms with van der Waals surface area (Å²) in [5, 5.41) is 16.0. The predicted molar refractivity (Wildman–Crippen MR) is 75.6 cm³/mol. The molecule has 1 aromatic carbocycles. The number of nitro benzene ring substituents is 1. The third kappa shape index (κ3) is 4.16. The molecule has 21 heavy (non-hydrogen) atoms. The summed E-state index contributed by atoms with van der Waals surface area (Å²) in [5.74, 6) is -0.653. The lowest BCUT2D eigenvalue weighted by Gasteiger charge is -2.07. The second-order valence-corrected chi connectivity index (χ2v) is 4.88. The molecule has 1 aliphatic carbocycles. The SMILES string of the molecule is Nc1ccc([N+](=O)[O-])cc1C(=O)NCCC(=O)NC1CC1. The third-order valence-corrected chi connectivity index (χ3v) is 3.07. The van der Waals surface area contributed by atoms with Crippen LogP contribution >= 0.6 is 0 Å². The van der Waals surface area contributed by atoms with Crippen molar-refractivity contribution in [3.8, 4) is 0 Å². The van der Waals surface area contributed by atoms with Crippen molar-refractivity contribution in [3.63, 3.8) is 0 Å². The molecule has 0 aliphatic heterocycles. The van der Waals surface area contributed by atoms with E-state index >= 15 is 0 Å². The zero-order valence-electron chi connectivity index (χ0n) is 11.3. The van der Waals surface area contributed by atoms with Gasteiger partial charge in [0.1, 0.15) is 0 Å². The number of rotatable bonds is 6. The fraction of sp³-hybridized carbons (Fsp3) is 0.385. The van der Waals surface area contributed by atoms with Gasteiger partial charge in [-0.05, 0) is 18.9 Å². The summed E-state index contributed by atoms with van der Waals surface area (Å²) in [6, 6.07) is 3.94. The van der Waals surface area contributed by atoms with Crippen LogP contribution in [0.4, 0.5) is 11.4 Å². The lowest BCUT2D eigenvalue weighted by atomic mass is 10.1. The summed E-state index contributed by atoms with van der Waals surface area (Å²) in [7, 11) is 0. The van der Waals surface area contributed by atoms with Crippen LogP contribution in [-0.2, 0) is 4.79 Å². The smallest absolute Gasteiger partial charge is 0.270 e. The van der Waals surface area contributed by atoms with Gasteiger partial charge >= 0.3 is 0 Å². The fourth-order valence-corrected chi connectivity index (χ4v) is 1.77. The maximum atomic E-state index is 11.9. The van der Waals surface area contributed by atoms with Crippen molar-refractivity contribution in [1.82, 2.24) is 10.6 Å². The molecule has 8 heteroatoms. The van der Waals surface area contributed by atoms with Gasteiger partial charge in [0, 0.05) is 36.8 Å². The van der Waals surface area contributed by atoms with Crippen LogP contribution < -0.4 is 16.4 Å². The standard InChI is InChI=1S/C13H16N4O4/c14-11-4-3-9(17(20)21)7-10(11)13(19)15-6-5-12(18)16-8-1-2-8/h3-4,7-8H,1-2,5-6,14H2,(H,15,19)(H,16,18). The molecule has 1 aromatic rings. The number of nitrogens with two attached hydrogens (primary N) is 1. The van der Waals surface area contributed by atoms with Crippen LogP contribution in [-0.4, -0.2) is 29.3 Å². The molecule has 1 aliphatic rings. The first-order valence-electron chi connectivity index (χ1n) is 6.59. The van der Waals surface area contributed by atoms with E-state index in [9.17, 15) is 19.7 Å². The largest absolute Gasteiger partial charge is 0.398 e. The Hall–Kier alpha value is -2.64. The Morgan fingerprint density at radius 3 is 2.71 bits per heavy atom. The highest BCUT2D eigenvalue weighted by Gasteiger charge is 2.23. The van der Waals surface area contributed by atoms with Crippen molar-refractivity contribution in [3.05, 3.63) is 33.9 Å². The van der Waals surface area contributed by atoms with Crippen LogP contribution in [0, 0.1) is 10.1 Å². The fourth-order valence-electron chi connectivity index (χ4n) is 1.77. The Balaban J connectivity index is 1.88. The second kappa shape index (κ2) is 6.21. The number of hydrogen-bond acceptors (Lipinski definition) is 5. The van der Waals surface area contributed by atoms with Crippen LogP contribution in [0.3, 0.4) is 0 Å². The minimum absolute atomic E-state index is 0.0341. The highest BCUT2D eigenvalue weighted by Crippen LogP contribution is 2.20. The van der Waals surface area contributed by atoms with Gasteiger partial charge in [0.15, 0.2) is 0 Å². The van der Waals surface area contributed by atoms with E-state index in [-0.39, 0.29) is 41.9 Å². The van der Waals surface area contributed by atoms with E-state index < -0.39 is 10.8 Å². The summed E-state index contributed by atoms with van der Waals surface area (Å²) in [4.78, 5) is 33.4. The number of nitro groups is 1. The Labute approximate surface area is 120 Å². The van der Waals surface area contributed by atoms with Gasteiger partial charge in [0.2, 0.25) is 5.91 Å². The molecule has 0 aromatic heterocycles.